The van der Waals surface area contributed by atoms with E-state index in [-0.39, 0.29) is 42.7 Å². The number of carboxylic acid groups (broad SMARTS) is 1. The number of ether oxygens (including phenoxy) is 4. The molecule has 2 aliphatic rings. The molecule has 0 spiro atoms. The number of nitrogens with zero attached hydrogens (tertiary/aromatic N) is 3. The standard InChI is InChI=1S/C22H23F5N4O3.C15H18F3N3O6/c1-4-34-17-11-15-13(12-31(30-15)9-8-20(2,3)33)10-16(17)29-19(32)14-6-5-7-18(28-14)21(23,24)22(25,26)27;1-25-14(15(16,17)18)5-2-3-9(21-14)13(24)20-11-7-19-10(27-11)4-6-26-8-12(22)23/h5-7,10-12,33H,4,8-9H2,1-3H3,(H,29,32);2-3,5,7,10,19,21H,4,6,8H2,1H3,(H,20,24)(H,22,23). The lowest BCUT2D eigenvalue weighted by Crippen LogP contribution is -2.58. The number of hydrogen-bond donors (Lipinski definition) is 6. The Morgan fingerprint density at radius 2 is 1.77 bits per heavy atom. The highest BCUT2D eigenvalue weighted by Gasteiger charge is 2.60. The van der Waals surface area contributed by atoms with Crippen molar-refractivity contribution in [3.05, 3.63) is 83.9 Å². The molecule has 24 heteroatoms. The first-order chi connectivity index (χ1) is 28.4. The summed E-state index contributed by atoms with van der Waals surface area (Å²) in [5, 5.41) is 33.0. The number of allylic oxidation sites excluding steroid dienone is 2. The largest absolute Gasteiger partial charge is 0.492 e. The number of benzene rings is 1. The fraction of sp³-hybridized carbons (Fsp3) is 0.432. The Bertz CT molecular complexity index is 2150. The van der Waals surface area contributed by atoms with Crippen molar-refractivity contribution < 1.29 is 78.7 Å². The Morgan fingerprint density at radius 3 is 2.39 bits per heavy atom. The van der Waals surface area contributed by atoms with Gasteiger partial charge in [0.2, 0.25) is 5.88 Å². The van der Waals surface area contributed by atoms with Gasteiger partial charge in [0.15, 0.2) is 6.23 Å². The fourth-order valence-electron chi connectivity index (χ4n) is 5.27. The number of methoxy groups -OCH3 is 1. The molecule has 334 valence electrons. The molecule has 6 N–H and O–H groups in total. The van der Waals surface area contributed by atoms with Crippen molar-refractivity contribution in [3.63, 3.8) is 0 Å². The van der Waals surface area contributed by atoms with Gasteiger partial charge in [-0.1, -0.05) is 12.1 Å². The maximum atomic E-state index is 13.6. The van der Waals surface area contributed by atoms with E-state index in [1.54, 1.807) is 43.8 Å². The first kappa shape index (κ1) is 47.7. The van der Waals surface area contributed by atoms with Gasteiger partial charge in [-0.05, 0) is 57.5 Å². The summed E-state index contributed by atoms with van der Waals surface area (Å²) >= 11 is 0. The number of halogens is 8. The number of pyridine rings is 1. The second kappa shape index (κ2) is 19.1. The number of hydrogen-bond acceptors (Lipinski definition) is 12. The zero-order valence-corrected chi connectivity index (χ0v) is 32.7. The third-order valence-corrected chi connectivity index (χ3v) is 8.37. The van der Waals surface area contributed by atoms with E-state index < -0.39 is 71.6 Å². The SMILES string of the molecule is CCOc1cc2nn(CCC(C)(C)O)cc2cc1NC(=O)c1cccc(C(F)(F)C(F)(F)F)n1.COC1(C(F)(F)F)C=CC=C(C(=O)NC2=CNC(CCOCC(=O)O)O2)N1. The molecular formula is C37H41F8N7O9. The third-order valence-electron chi connectivity index (χ3n) is 8.37. The molecular weight excluding hydrogens is 838 g/mol. The number of anilines is 1. The molecule has 5 rings (SSSR count). The van der Waals surface area contributed by atoms with Crippen molar-refractivity contribution in [1.29, 1.82) is 0 Å². The van der Waals surface area contributed by atoms with E-state index in [1.807, 2.05) is 5.32 Å². The van der Waals surface area contributed by atoms with Gasteiger partial charge >= 0.3 is 24.2 Å². The third kappa shape index (κ3) is 12.5. The number of fused-ring (bicyclic) bond motifs is 1. The lowest BCUT2D eigenvalue weighted by atomic mass is 10.1. The molecule has 4 heterocycles. The molecule has 0 bridgehead atoms. The minimum Gasteiger partial charge on any atom is -0.492 e. The van der Waals surface area contributed by atoms with Gasteiger partial charge in [0, 0.05) is 37.7 Å². The van der Waals surface area contributed by atoms with Gasteiger partial charge in [0.05, 0.1) is 36.2 Å². The summed E-state index contributed by atoms with van der Waals surface area (Å²) in [7, 11) is 0.870. The second-order valence-electron chi connectivity index (χ2n) is 13.7. The number of aromatic nitrogens is 3. The summed E-state index contributed by atoms with van der Waals surface area (Å²) in [6, 6.07) is 5.54. The Kier molecular flexibility index (Phi) is 15.0. The molecule has 1 aromatic carbocycles. The quantitative estimate of drug-likeness (QED) is 0.0811. The molecule has 2 unspecified atom stereocenters. The number of carbonyl (C=O) groups is 3. The summed E-state index contributed by atoms with van der Waals surface area (Å²) in [6.45, 7) is 5.36. The molecule has 2 atom stereocenters. The van der Waals surface area contributed by atoms with E-state index >= 15 is 0 Å². The number of carbonyl (C=O) groups excluding carboxylic acids is 2. The monoisotopic (exact) mass is 879 g/mol. The smallest absolute Gasteiger partial charge is 0.459 e. The summed E-state index contributed by atoms with van der Waals surface area (Å²) in [6.07, 6.45) is -4.49. The van der Waals surface area contributed by atoms with Gasteiger partial charge in [-0.25, -0.2) is 9.78 Å². The molecule has 0 radical (unpaired) electrons. The van der Waals surface area contributed by atoms with E-state index in [9.17, 15) is 54.6 Å². The normalized spacial score (nSPS) is 17.8. The van der Waals surface area contributed by atoms with Crippen LogP contribution in [0, 0.1) is 0 Å². The summed E-state index contributed by atoms with van der Waals surface area (Å²) in [4.78, 5) is 38.4. The molecule has 0 fully saturated rings. The topological polar surface area (TPSA) is 207 Å². The van der Waals surface area contributed by atoms with E-state index in [4.69, 9.17) is 19.3 Å². The molecule has 0 saturated carbocycles. The Labute approximate surface area is 341 Å². The van der Waals surface area contributed by atoms with Crippen molar-refractivity contribution >= 4 is 34.4 Å². The van der Waals surface area contributed by atoms with Crippen molar-refractivity contribution in [3.8, 4) is 5.75 Å². The van der Waals surface area contributed by atoms with Crippen LogP contribution in [-0.2, 0) is 36.3 Å². The predicted octanol–water partition coefficient (Wildman–Crippen LogP) is 5.18. The molecule has 0 aliphatic carbocycles. The highest BCUT2D eigenvalue weighted by Crippen LogP contribution is 2.43. The molecule has 16 nitrogen and oxygen atoms in total. The van der Waals surface area contributed by atoms with E-state index in [0.717, 1.165) is 31.4 Å². The van der Waals surface area contributed by atoms with Gasteiger partial charge < -0.3 is 45.1 Å². The van der Waals surface area contributed by atoms with E-state index in [2.05, 4.69) is 30.8 Å². The number of carboxylic acids is 1. The van der Waals surface area contributed by atoms with Crippen molar-refractivity contribution in [2.75, 3.05) is 32.2 Å². The maximum absolute atomic E-state index is 13.6. The lowest BCUT2D eigenvalue weighted by molar-refractivity contribution is -0.290. The predicted molar refractivity (Wildman–Crippen MR) is 197 cm³/mol. The number of rotatable bonds is 16. The van der Waals surface area contributed by atoms with Crippen LogP contribution >= 0.6 is 0 Å². The number of nitrogens with one attached hydrogen (secondary N) is 4. The average Bonchev–Trinajstić information content (AvgIpc) is 3.80. The van der Waals surface area contributed by atoms with Gasteiger partial charge in [-0.2, -0.15) is 40.2 Å². The molecule has 61 heavy (non-hydrogen) atoms. The molecule has 2 aromatic heterocycles. The second-order valence-corrected chi connectivity index (χ2v) is 13.7. The van der Waals surface area contributed by atoms with Crippen LogP contribution in [0.15, 0.2) is 72.5 Å². The molecule has 2 aliphatic heterocycles. The van der Waals surface area contributed by atoms with Crippen molar-refractivity contribution in [1.82, 2.24) is 30.7 Å². The first-order valence-electron chi connectivity index (χ1n) is 18.0. The van der Waals surface area contributed by atoms with Crippen molar-refractivity contribution in [2.45, 2.75) is 76.0 Å². The fourth-order valence-corrected chi connectivity index (χ4v) is 5.27. The highest BCUT2D eigenvalue weighted by molar-refractivity contribution is 6.05. The lowest BCUT2D eigenvalue weighted by Gasteiger charge is -2.35. The van der Waals surface area contributed by atoms with Crippen molar-refractivity contribution in [2.24, 2.45) is 0 Å². The van der Waals surface area contributed by atoms with E-state index in [0.29, 0.717) is 29.9 Å². The summed E-state index contributed by atoms with van der Waals surface area (Å²) < 4.78 is 127. The summed E-state index contributed by atoms with van der Waals surface area (Å²) in [5.74, 6) is -7.94. The number of aliphatic hydroxyl groups is 1. The van der Waals surface area contributed by atoms with Gasteiger partial charge in [-0.15, -0.1) is 0 Å². The van der Waals surface area contributed by atoms with Crippen LogP contribution in [-0.4, -0.2) is 99.6 Å². The number of aryl methyl sites for hydroxylation is 1. The maximum Gasteiger partial charge on any atom is 0.459 e. The van der Waals surface area contributed by atoms with Gasteiger partial charge in [-0.3, -0.25) is 19.6 Å². The minimum atomic E-state index is -5.85. The van der Waals surface area contributed by atoms with Crippen LogP contribution < -0.4 is 26.0 Å². The van der Waals surface area contributed by atoms with Crippen LogP contribution in [0.4, 0.5) is 40.8 Å². The van der Waals surface area contributed by atoms with Crippen LogP contribution in [0.1, 0.15) is 49.8 Å². The number of dihydropyridines is 1. The van der Waals surface area contributed by atoms with Gasteiger partial charge in [0.1, 0.15) is 29.4 Å². The minimum absolute atomic E-state index is 0.00415. The highest BCUT2D eigenvalue weighted by atomic mass is 19.4. The van der Waals surface area contributed by atoms with Crippen LogP contribution in [0.2, 0.25) is 0 Å². The van der Waals surface area contributed by atoms with Crippen LogP contribution in [0.25, 0.3) is 10.9 Å². The zero-order chi connectivity index (χ0) is 45.4. The average molecular weight is 880 g/mol. The molecule has 3 aromatic rings. The molecule has 2 amide bonds. The Morgan fingerprint density at radius 1 is 1.05 bits per heavy atom. The molecule has 0 saturated heterocycles. The first-order valence-corrected chi connectivity index (χ1v) is 18.0. The number of alkyl halides is 8. The number of aliphatic carboxylic acids is 1. The zero-order valence-electron chi connectivity index (χ0n) is 32.7. The van der Waals surface area contributed by atoms with Crippen LogP contribution in [0.5, 0.6) is 5.75 Å². The Hall–Kier alpha value is -6.01. The van der Waals surface area contributed by atoms with Crippen LogP contribution in [0.3, 0.4) is 0 Å². The Balaban J connectivity index is 0.000000276. The van der Waals surface area contributed by atoms with E-state index in [1.165, 1.54) is 12.3 Å². The van der Waals surface area contributed by atoms with Gasteiger partial charge in [0.25, 0.3) is 17.5 Å². The number of amides is 2. The summed E-state index contributed by atoms with van der Waals surface area (Å²) in [5.41, 5.74) is -5.56.